The van der Waals surface area contributed by atoms with Crippen molar-refractivity contribution in [2.24, 2.45) is 0 Å². The van der Waals surface area contributed by atoms with Crippen LogP contribution in [-0.2, 0) is 4.74 Å². The average molecular weight is 346 g/mol. The number of hydrogen-bond acceptors (Lipinski definition) is 4. The summed E-state index contributed by atoms with van der Waals surface area (Å²) in [7, 11) is 0. The van der Waals surface area contributed by atoms with Crippen molar-refractivity contribution in [3.8, 4) is 0 Å². The first-order valence-corrected chi connectivity index (χ1v) is 7.29. The van der Waals surface area contributed by atoms with Gasteiger partial charge in [-0.25, -0.2) is 0 Å². The molecule has 1 aromatic rings. The number of morpholine rings is 1. The highest BCUT2D eigenvalue weighted by Gasteiger charge is 2.29. The molecule has 2 rings (SSSR count). The van der Waals surface area contributed by atoms with Gasteiger partial charge in [-0.3, -0.25) is 4.79 Å². The molecule has 1 N–H and O–H groups in total. The zero-order chi connectivity index (χ0) is 14.0. The van der Waals surface area contributed by atoms with Crippen LogP contribution in [0.1, 0.15) is 17.3 Å². The van der Waals surface area contributed by atoms with Gasteiger partial charge in [0.15, 0.2) is 0 Å². The Labute approximate surface area is 126 Å². The third kappa shape index (κ3) is 3.51. The molecule has 1 saturated heterocycles. The van der Waals surface area contributed by atoms with Gasteiger partial charge in [-0.15, -0.1) is 12.6 Å². The fourth-order valence-corrected chi connectivity index (χ4v) is 2.78. The van der Waals surface area contributed by atoms with Crippen molar-refractivity contribution < 1.29 is 14.6 Å². The maximum Gasteiger partial charge on any atom is 0.255 e. The first-order valence-electron chi connectivity index (χ1n) is 6.05. The van der Waals surface area contributed by atoms with E-state index in [1.807, 2.05) is 19.1 Å². The molecule has 0 saturated carbocycles. The van der Waals surface area contributed by atoms with E-state index in [2.05, 4.69) is 28.6 Å². The number of carbonyl (C=O) groups is 1. The van der Waals surface area contributed by atoms with Gasteiger partial charge in [-0.2, -0.15) is 0 Å². The second-order valence-corrected chi connectivity index (χ2v) is 6.00. The lowest BCUT2D eigenvalue weighted by atomic mass is 10.1. The SMILES string of the molecule is CC1CN(C(=O)c2cc(S)ccc2Br)CC(CO)O1. The second-order valence-electron chi connectivity index (χ2n) is 4.63. The Morgan fingerprint density at radius 2 is 2.32 bits per heavy atom. The highest BCUT2D eigenvalue weighted by atomic mass is 79.9. The molecule has 1 heterocycles. The summed E-state index contributed by atoms with van der Waals surface area (Å²) < 4.78 is 6.28. The fraction of sp³-hybridized carbons (Fsp3) is 0.462. The number of rotatable bonds is 2. The molecule has 0 bridgehead atoms. The van der Waals surface area contributed by atoms with Crippen molar-refractivity contribution >= 4 is 34.5 Å². The van der Waals surface area contributed by atoms with Gasteiger partial charge in [0.25, 0.3) is 5.91 Å². The summed E-state index contributed by atoms with van der Waals surface area (Å²) in [5.74, 6) is -0.0728. The van der Waals surface area contributed by atoms with Crippen molar-refractivity contribution in [2.75, 3.05) is 19.7 Å². The number of amides is 1. The Morgan fingerprint density at radius 1 is 1.58 bits per heavy atom. The van der Waals surface area contributed by atoms with E-state index < -0.39 is 0 Å². The Bertz CT molecular complexity index is 483. The standard InChI is InChI=1S/C13H16BrNO3S/c1-8-5-15(6-9(7-16)18-8)13(17)11-4-10(19)2-3-12(11)14/h2-4,8-9,16,19H,5-7H2,1H3. The Kier molecular flexibility index (Phi) is 4.89. The van der Waals surface area contributed by atoms with E-state index >= 15 is 0 Å². The lowest BCUT2D eigenvalue weighted by molar-refractivity contribution is -0.0858. The van der Waals surface area contributed by atoms with Gasteiger partial charge >= 0.3 is 0 Å². The van der Waals surface area contributed by atoms with Crippen LogP contribution >= 0.6 is 28.6 Å². The molecule has 0 aromatic heterocycles. The van der Waals surface area contributed by atoms with Gasteiger partial charge in [-0.1, -0.05) is 0 Å². The third-order valence-electron chi connectivity index (χ3n) is 3.00. The van der Waals surface area contributed by atoms with E-state index in [0.717, 1.165) is 9.37 Å². The summed E-state index contributed by atoms with van der Waals surface area (Å²) >= 11 is 7.64. The number of thiol groups is 1. The lowest BCUT2D eigenvalue weighted by Gasteiger charge is -2.36. The maximum absolute atomic E-state index is 12.5. The number of halogens is 1. The lowest BCUT2D eigenvalue weighted by Crippen LogP contribution is -2.50. The molecule has 1 aromatic carbocycles. The third-order valence-corrected chi connectivity index (χ3v) is 3.97. The first-order chi connectivity index (χ1) is 9.01. The van der Waals surface area contributed by atoms with Gasteiger partial charge in [0.2, 0.25) is 0 Å². The minimum atomic E-state index is -0.314. The summed E-state index contributed by atoms with van der Waals surface area (Å²) in [6, 6.07) is 5.37. The number of aliphatic hydroxyl groups excluding tert-OH is 1. The van der Waals surface area contributed by atoms with Crippen LogP contribution in [0.15, 0.2) is 27.6 Å². The normalized spacial score (nSPS) is 23.5. The molecular formula is C13H16BrNO3S. The molecule has 0 spiro atoms. The summed E-state index contributed by atoms with van der Waals surface area (Å²) in [5.41, 5.74) is 0.582. The number of ether oxygens (including phenoxy) is 1. The molecule has 19 heavy (non-hydrogen) atoms. The summed E-state index contributed by atoms with van der Waals surface area (Å²) in [6.45, 7) is 2.75. The van der Waals surface area contributed by atoms with Crippen LogP contribution in [0.3, 0.4) is 0 Å². The van der Waals surface area contributed by atoms with Crippen LogP contribution in [0.4, 0.5) is 0 Å². The first kappa shape index (κ1) is 14.8. The Morgan fingerprint density at radius 3 is 3.00 bits per heavy atom. The quantitative estimate of drug-likeness (QED) is 0.805. The molecule has 104 valence electrons. The number of benzene rings is 1. The number of nitrogens with zero attached hydrogens (tertiary/aromatic N) is 1. The van der Waals surface area contributed by atoms with Gasteiger partial charge < -0.3 is 14.7 Å². The van der Waals surface area contributed by atoms with Crippen LogP contribution in [-0.4, -0.2) is 47.8 Å². The molecule has 1 amide bonds. The fourth-order valence-electron chi connectivity index (χ4n) is 2.16. The van der Waals surface area contributed by atoms with E-state index in [9.17, 15) is 9.90 Å². The zero-order valence-electron chi connectivity index (χ0n) is 10.5. The molecule has 2 unspecified atom stereocenters. The van der Waals surface area contributed by atoms with E-state index in [0.29, 0.717) is 18.7 Å². The molecule has 2 atom stereocenters. The minimum Gasteiger partial charge on any atom is -0.394 e. The molecule has 1 aliphatic rings. The van der Waals surface area contributed by atoms with Crippen molar-refractivity contribution in [1.29, 1.82) is 0 Å². The Hall–Kier alpha value is -0.560. The Balaban J connectivity index is 2.21. The molecule has 0 radical (unpaired) electrons. The van der Waals surface area contributed by atoms with Gasteiger partial charge in [0.05, 0.1) is 24.4 Å². The van der Waals surface area contributed by atoms with Crippen LogP contribution in [0.25, 0.3) is 0 Å². The maximum atomic E-state index is 12.5. The van der Waals surface area contributed by atoms with Crippen LogP contribution < -0.4 is 0 Å². The monoisotopic (exact) mass is 345 g/mol. The van der Waals surface area contributed by atoms with Crippen molar-refractivity contribution in [3.63, 3.8) is 0 Å². The second kappa shape index (κ2) is 6.26. The zero-order valence-corrected chi connectivity index (χ0v) is 13.0. The molecule has 1 fully saturated rings. The number of aliphatic hydroxyl groups is 1. The van der Waals surface area contributed by atoms with E-state index in [4.69, 9.17) is 4.74 Å². The van der Waals surface area contributed by atoms with Crippen molar-refractivity contribution in [3.05, 3.63) is 28.2 Å². The smallest absolute Gasteiger partial charge is 0.255 e. The molecule has 4 nitrogen and oxygen atoms in total. The molecule has 1 aliphatic heterocycles. The highest BCUT2D eigenvalue weighted by Crippen LogP contribution is 2.23. The number of carbonyl (C=O) groups excluding carboxylic acids is 1. The summed E-state index contributed by atoms with van der Waals surface area (Å²) in [6.07, 6.45) is -0.390. The van der Waals surface area contributed by atoms with Crippen molar-refractivity contribution in [2.45, 2.75) is 24.0 Å². The molecule has 0 aliphatic carbocycles. The molecule has 6 heteroatoms. The summed E-state index contributed by atoms with van der Waals surface area (Å²) in [4.78, 5) is 15.0. The average Bonchev–Trinajstić information content (AvgIpc) is 2.40. The molecular weight excluding hydrogens is 330 g/mol. The number of hydrogen-bond donors (Lipinski definition) is 2. The largest absolute Gasteiger partial charge is 0.394 e. The van der Waals surface area contributed by atoms with Crippen LogP contribution in [0.2, 0.25) is 0 Å². The highest BCUT2D eigenvalue weighted by molar-refractivity contribution is 9.10. The summed E-state index contributed by atoms with van der Waals surface area (Å²) in [5, 5.41) is 9.19. The van der Waals surface area contributed by atoms with Gasteiger partial charge in [-0.05, 0) is 41.1 Å². The van der Waals surface area contributed by atoms with E-state index in [1.165, 1.54) is 0 Å². The predicted molar refractivity (Wildman–Crippen MR) is 78.7 cm³/mol. The van der Waals surface area contributed by atoms with E-state index in [1.54, 1.807) is 11.0 Å². The van der Waals surface area contributed by atoms with Gasteiger partial charge in [0, 0.05) is 22.5 Å². The topological polar surface area (TPSA) is 49.8 Å². The van der Waals surface area contributed by atoms with Crippen LogP contribution in [0.5, 0.6) is 0 Å². The van der Waals surface area contributed by atoms with Crippen molar-refractivity contribution in [1.82, 2.24) is 4.90 Å². The van der Waals surface area contributed by atoms with Gasteiger partial charge in [0.1, 0.15) is 0 Å². The van der Waals surface area contributed by atoms with E-state index in [-0.39, 0.29) is 24.7 Å². The predicted octanol–water partition coefficient (Wildman–Crippen LogP) is 1.96. The minimum absolute atomic E-state index is 0.0728. The van der Waals surface area contributed by atoms with Crippen LogP contribution in [0, 0.1) is 0 Å².